The summed E-state index contributed by atoms with van der Waals surface area (Å²) < 4.78 is 29.0. The molecule has 6 N–H and O–H groups in total. The fourth-order valence-corrected chi connectivity index (χ4v) is 2.51. The quantitative estimate of drug-likeness (QED) is 0.379. The Bertz CT molecular complexity index is 655. The van der Waals surface area contributed by atoms with Crippen LogP contribution in [0.1, 0.15) is 18.2 Å². The minimum absolute atomic E-state index is 0.184. The van der Waals surface area contributed by atoms with Gasteiger partial charge in [-0.05, 0) is 6.92 Å². The molecule has 0 radical (unpaired) electrons. The van der Waals surface area contributed by atoms with Crippen LogP contribution in [0.4, 0.5) is 5.82 Å². The molecule has 138 valence electrons. The Balaban J connectivity index is 0.000000351. The maximum Gasteiger partial charge on any atom is 0.351 e. The maximum atomic E-state index is 11.6. The van der Waals surface area contributed by atoms with Gasteiger partial charge in [-0.3, -0.25) is 13.7 Å². The Morgan fingerprint density at radius 2 is 2.04 bits per heavy atom. The molecule has 1 aliphatic rings. The van der Waals surface area contributed by atoms with E-state index in [1.807, 2.05) is 0 Å². The lowest BCUT2D eigenvalue weighted by Crippen LogP contribution is -2.28. The average Bonchev–Trinajstić information content (AvgIpc) is 2.83. The number of nitrogens with two attached hydrogens (primary N) is 1. The van der Waals surface area contributed by atoms with Gasteiger partial charge < -0.3 is 30.5 Å². The number of hydrogen-bond donors (Lipinski definition) is 5. The van der Waals surface area contributed by atoms with Gasteiger partial charge in [-0.25, -0.2) is 9.11 Å². The van der Waals surface area contributed by atoms with Crippen molar-refractivity contribution in [2.45, 2.75) is 31.8 Å². The highest BCUT2D eigenvalue weighted by Gasteiger charge is 2.35. The number of rotatable bonds is 4. The molecule has 0 bridgehead atoms. The van der Waals surface area contributed by atoms with Gasteiger partial charge >= 0.3 is 22.2 Å². The molecule has 14 heteroatoms. The molecule has 5 atom stereocenters. The molecule has 12 nitrogen and oxygen atoms in total. The van der Waals surface area contributed by atoms with E-state index in [-0.39, 0.29) is 18.8 Å². The molecule has 0 saturated carbocycles. The number of aliphatic hydroxyl groups is 2. The lowest BCUT2D eigenvalue weighted by Gasteiger charge is -2.15. The molecule has 1 saturated heterocycles. The number of aliphatic hydroxyl groups excluding tert-OH is 2. The van der Waals surface area contributed by atoms with Gasteiger partial charge in [-0.1, -0.05) is 0 Å². The summed E-state index contributed by atoms with van der Waals surface area (Å²) in [7, 11) is -6.40. The van der Waals surface area contributed by atoms with E-state index < -0.39 is 40.6 Å². The number of aryl methyl sites for hydroxylation is 1. The lowest BCUT2D eigenvalue weighted by molar-refractivity contribution is -0.0459. The predicted octanol–water partition coefficient (Wildman–Crippen LogP) is -1.46. The van der Waals surface area contributed by atoms with E-state index in [2.05, 4.69) is 9.29 Å². The zero-order valence-corrected chi connectivity index (χ0v) is 14.5. The molecule has 0 aromatic carbocycles. The molecule has 1 fully saturated rings. The van der Waals surface area contributed by atoms with E-state index in [1.165, 1.54) is 4.57 Å². The molecule has 1 aromatic rings. The van der Waals surface area contributed by atoms with Gasteiger partial charge in [-0.15, -0.1) is 0 Å². The van der Waals surface area contributed by atoms with Gasteiger partial charge in [0.05, 0.1) is 12.7 Å². The van der Waals surface area contributed by atoms with Crippen LogP contribution in [0, 0.1) is 6.92 Å². The van der Waals surface area contributed by atoms with Crippen LogP contribution in [-0.4, -0.2) is 48.4 Å². The minimum Gasteiger partial charge on any atom is -0.394 e. The fraction of sp³-hybridized carbons (Fsp3) is 0.600. The molecule has 0 aliphatic carbocycles. The third kappa shape index (κ3) is 6.08. The van der Waals surface area contributed by atoms with E-state index >= 15 is 0 Å². The van der Waals surface area contributed by atoms with Crippen molar-refractivity contribution >= 4 is 22.3 Å². The highest BCUT2D eigenvalue weighted by atomic mass is 31.2. The van der Waals surface area contributed by atoms with E-state index in [4.69, 9.17) is 25.4 Å². The molecule has 1 aromatic heterocycles. The summed E-state index contributed by atoms with van der Waals surface area (Å²) in [4.78, 5) is 30.7. The Kier molecular flexibility index (Phi) is 8.20. The number of anilines is 1. The van der Waals surface area contributed by atoms with Crippen molar-refractivity contribution in [2.24, 2.45) is 0 Å². The summed E-state index contributed by atoms with van der Waals surface area (Å²) >= 11 is 0. The topological polar surface area (TPSA) is 194 Å². The maximum absolute atomic E-state index is 11.6. The minimum atomic E-state index is -3.20. The highest BCUT2D eigenvalue weighted by molar-refractivity contribution is 7.46. The van der Waals surface area contributed by atoms with Crippen LogP contribution in [0.15, 0.2) is 11.0 Å². The van der Waals surface area contributed by atoms with Crippen LogP contribution in [-0.2, 0) is 18.2 Å². The van der Waals surface area contributed by atoms with Crippen LogP contribution >= 0.6 is 16.5 Å². The number of hydrogen-bond acceptors (Lipinski definition) is 9. The molecule has 1 aliphatic heterocycles. The van der Waals surface area contributed by atoms with Crippen LogP contribution < -0.4 is 11.4 Å². The van der Waals surface area contributed by atoms with Crippen LogP contribution in [0.5, 0.6) is 0 Å². The van der Waals surface area contributed by atoms with E-state index in [1.54, 1.807) is 13.1 Å². The first-order valence-corrected chi connectivity index (χ1v) is 9.11. The van der Waals surface area contributed by atoms with Gasteiger partial charge in [0.1, 0.15) is 18.1 Å². The van der Waals surface area contributed by atoms with Gasteiger partial charge in [0.15, 0.2) is 0 Å². The van der Waals surface area contributed by atoms with Crippen molar-refractivity contribution in [3.63, 3.8) is 0 Å². The van der Waals surface area contributed by atoms with Gasteiger partial charge in [0.2, 0.25) is 0 Å². The molecule has 2 unspecified atom stereocenters. The molecule has 0 spiro atoms. The highest BCUT2D eigenvalue weighted by Crippen LogP contribution is 2.30. The van der Waals surface area contributed by atoms with Crippen molar-refractivity contribution in [1.82, 2.24) is 9.55 Å². The van der Waals surface area contributed by atoms with E-state index in [0.29, 0.717) is 5.56 Å². The van der Waals surface area contributed by atoms with Crippen molar-refractivity contribution in [2.75, 3.05) is 12.3 Å². The van der Waals surface area contributed by atoms with Gasteiger partial charge in [0.25, 0.3) is 0 Å². The summed E-state index contributed by atoms with van der Waals surface area (Å²) in [6.07, 6.45) is -0.265. The summed E-state index contributed by atoms with van der Waals surface area (Å²) in [5, 5.41) is 18.6. The Morgan fingerprint density at radius 3 is 2.46 bits per heavy atom. The number of nitrogens with zero attached hydrogens (tertiary/aromatic N) is 2. The standard InChI is InChI=1S/C10H15N3O4.H4O5P2/c1-5-3-13(10(16)12-9(5)11)8-2-6(15)7(4-14)17-8;1-6(2)5-7(3)4/h3,6-8,14-15H,2,4H2,1H3,(H2,11,12,16);6-7H,(H,1,2)(H,3,4)/t6-,7+,8+;/m0./s1. The zero-order chi connectivity index (χ0) is 18.4. The molecular formula is C10H19N3O9P2. The molecule has 0 amide bonds. The second-order valence-corrected chi connectivity index (χ2v) is 6.63. The van der Waals surface area contributed by atoms with Crippen molar-refractivity contribution in [1.29, 1.82) is 0 Å². The van der Waals surface area contributed by atoms with Crippen LogP contribution in [0.2, 0.25) is 0 Å². The van der Waals surface area contributed by atoms with Crippen molar-refractivity contribution in [3.05, 3.63) is 22.2 Å². The smallest absolute Gasteiger partial charge is 0.351 e. The predicted molar refractivity (Wildman–Crippen MR) is 82.8 cm³/mol. The van der Waals surface area contributed by atoms with Crippen LogP contribution in [0.25, 0.3) is 0 Å². The molecular weight excluding hydrogens is 368 g/mol. The first-order valence-electron chi connectivity index (χ1n) is 6.59. The summed E-state index contributed by atoms with van der Waals surface area (Å²) in [6, 6.07) is 0. The summed E-state index contributed by atoms with van der Waals surface area (Å²) in [5.74, 6) is 0.184. The normalized spacial score (nSPS) is 25.6. The molecule has 2 heterocycles. The summed E-state index contributed by atoms with van der Waals surface area (Å²) in [5.41, 5.74) is 5.65. The third-order valence-electron chi connectivity index (χ3n) is 3.04. The van der Waals surface area contributed by atoms with E-state index in [9.17, 15) is 19.0 Å². The third-order valence-corrected chi connectivity index (χ3v) is 4.44. The van der Waals surface area contributed by atoms with Gasteiger partial charge in [0, 0.05) is 18.2 Å². The number of ether oxygens (including phenoxy) is 1. The number of aromatic nitrogens is 2. The van der Waals surface area contributed by atoms with Crippen molar-refractivity contribution < 1.29 is 38.2 Å². The SMILES string of the molecule is Cc1cn([C@H]2C[C@H](O)[C@@H](CO)O2)c(=O)nc1N.O=[PH](O)O[PH](=O)O. The first kappa shape index (κ1) is 20.9. The fourth-order valence-electron chi connectivity index (χ4n) is 1.91. The zero-order valence-electron chi connectivity index (χ0n) is 12.5. The second kappa shape index (κ2) is 9.40. The summed E-state index contributed by atoms with van der Waals surface area (Å²) in [6.45, 7) is 1.45. The van der Waals surface area contributed by atoms with E-state index in [0.717, 1.165) is 0 Å². The monoisotopic (exact) mass is 387 g/mol. The largest absolute Gasteiger partial charge is 0.394 e. The second-order valence-electron chi connectivity index (χ2n) is 4.75. The Morgan fingerprint density at radius 1 is 1.46 bits per heavy atom. The first-order chi connectivity index (χ1) is 11.1. The molecule has 24 heavy (non-hydrogen) atoms. The Labute approximate surface area is 137 Å². The van der Waals surface area contributed by atoms with Gasteiger partial charge in [-0.2, -0.15) is 4.98 Å². The number of nitrogen functional groups attached to an aromatic ring is 1. The van der Waals surface area contributed by atoms with Crippen molar-refractivity contribution in [3.8, 4) is 0 Å². The lowest BCUT2D eigenvalue weighted by atomic mass is 10.2. The molecule has 2 rings (SSSR count). The average molecular weight is 387 g/mol. The van der Waals surface area contributed by atoms with Crippen LogP contribution in [0.3, 0.4) is 0 Å². The Hall–Kier alpha value is -1.10.